The molecule has 8 heteroatoms. The molecule has 0 aliphatic rings. The van der Waals surface area contributed by atoms with E-state index >= 15 is 0 Å². The normalized spacial score (nSPS) is 10.9. The highest BCUT2D eigenvalue weighted by Gasteiger charge is 2.15. The Labute approximate surface area is 154 Å². The van der Waals surface area contributed by atoms with Gasteiger partial charge in [0.1, 0.15) is 5.82 Å². The van der Waals surface area contributed by atoms with Crippen molar-refractivity contribution in [2.75, 3.05) is 19.5 Å². The molecule has 0 radical (unpaired) electrons. The maximum Gasteiger partial charge on any atom is 0.258 e. The van der Waals surface area contributed by atoms with Gasteiger partial charge in [0.2, 0.25) is 5.95 Å². The molecule has 27 heavy (non-hydrogen) atoms. The van der Waals surface area contributed by atoms with E-state index in [4.69, 9.17) is 9.47 Å². The van der Waals surface area contributed by atoms with E-state index in [0.717, 1.165) is 10.9 Å². The van der Waals surface area contributed by atoms with Gasteiger partial charge in [0.25, 0.3) is 5.91 Å². The second-order valence-corrected chi connectivity index (χ2v) is 5.87. The molecule has 1 N–H and O–H groups in total. The minimum atomic E-state index is -0.346. The Hall–Kier alpha value is -3.68. The highest BCUT2D eigenvalue weighted by Crippen LogP contribution is 2.28. The third kappa shape index (κ3) is 2.91. The molecular formula is C19H17N5O3. The molecule has 1 amide bonds. The molecule has 0 aliphatic heterocycles. The fraction of sp³-hybridized carbons (Fsp3) is 0.158. The first-order valence-electron chi connectivity index (χ1n) is 8.26. The number of ether oxygens (including phenoxy) is 2. The number of aromatic nitrogens is 4. The van der Waals surface area contributed by atoms with Gasteiger partial charge in [-0.05, 0) is 37.3 Å². The standard InChI is InChI=1S/C19H17N5O3/c1-11-20-14-7-5-4-6-13(14)17-21-19(23-24(11)17)22-18(25)12-8-9-15(26-2)16(10-12)27-3/h4-10H,1-3H3,(H,22,23,25). The van der Waals surface area contributed by atoms with Gasteiger partial charge in [-0.15, -0.1) is 5.10 Å². The number of hydrogen-bond acceptors (Lipinski definition) is 6. The van der Waals surface area contributed by atoms with E-state index in [-0.39, 0.29) is 11.9 Å². The molecule has 2 aromatic carbocycles. The summed E-state index contributed by atoms with van der Waals surface area (Å²) in [6.07, 6.45) is 0. The summed E-state index contributed by atoms with van der Waals surface area (Å²) in [5.74, 6) is 1.56. The summed E-state index contributed by atoms with van der Waals surface area (Å²) >= 11 is 0. The number of hydrogen-bond donors (Lipinski definition) is 1. The maximum absolute atomic E-state index is 12.6. The fourth-order valence-electron chi connectivity index (χ4n) is 2.90. The molecular weight excluding hydrogens is 346 g/mol. The van der Waals surface area contributed by atoms with Crippen LogP contribution in [0.5, 0.6) is 11.5 Å². The Balaban J connectivity index is 1.70. The van der Waals surface area contributed by atoms with Crippen LogP contribution in [-0.2, 0) is 0 Å². The predicted molar refractivity (Wildman–Crippen MR) is 101 cm³/mol. The van der Waals surface area contributed by atoms with Gasteiger partial charge in [0, 0.05) is 10.9 Å². The molecule has 0 atom stereocenters. The van der Waals surface area contributed by atoms with Gasteiger partial charge < -0.3 is 9.47 Å². The lowest BCUT2D eigenvalue weighted by Gasteiger charge is -2.08. The number of fused-ring (bicyclic) bond motifs is 3. The smallest absolute Gasteiger partial charge is 0.258 e. The van der Waals surface area contributed by atoms with E-state index in [9.17, 15) is 4.79 Å². The zero-order valence-corrected chi connectivity index (χ0v) is 15.1. The second kappa shape index (κ2) is 6.56. The summed E-state index contributed by atoms with van der Waals surface area (Å²) in [7, 11) is 3.06. The lowest BCUT2D eigenvalue weighted by atomic mass is 10.2. The van der Waals surface area contributed by atoms with Gasteiger partial charge >= 0.3 is 0 Å². The average molecular weight is 363 g/mol. The van der Waals surface area contributed by atoms with Crippen LogP contribution in [0.15, 0.2) is 42.5 Å². The van der Waals surface area contributed by atoms with Crippen LogP contribution in [0.4, 0.5) is 5.95 Å². The predicted octanol–water partition coefficient (Wildman–Crippen LogP) is 2.86. The van der Waals surface area contributed by atoms with Gasteiger partial charge in [-0.3, -0.25) is 10.1 Å². The van der Waals surface area contributed by atoms with Crippen LogP contribution < -0.4 is 14.8 Å². The summed E-state index contributed by atoms with van der Waals surface area (Å²) in [4.78, 5) is 21.6. The number of para-hydroxylation sites is 1. The van der Waals surface area contributed by atoms with E-state index in [1.54, 1.807) is 29.8 Å². The van der Waals surface area contributed by atoms with Crippen molar-refractivity contribution >= 4 is 28.4 Å². The van der Waals surface area contributed by atoms with Crippen LogP contribution in [0.3, 0.4) is 0 Å². The fourth-order valence-corrected chi connectivity index (χ4v) is 2.90. The Morgan fingerprint density at radius 2 is 1.81 bits per heavy atom. The van der Waals surface area contributed by atoms with Crippen molar-refractivity contribution in [2.45, 2.75) is 6.92 Å². The second-order valence-electron chi connectivity index (χ2n) is 5.87. The number of nitrogens with zero attached hydrogens (tertiary/aromatic N) is 4. The largest absolute Gasteiger partial charge is 0.493 e. The lowest BCUT2D eigenvalue weighted by Crippen LogP contribution is -2.13. The number of benzene rings is 2. The maximum atomic E-state index is 12.6. The number of methoxy groups -OCH3 is 2. The first-order chi connectivity index (χ1) is 13.1. The van der Waals surface area contributed by atoms with Crippen LogP contribution in [0, 0.1) is 6.92 Å². The van der Waals surface area contributed by atoms with Gasteiger partial charge in [-0.1, -0.05) is 12.1 Å². The molecule has 8 nitrogen and oxygen atoms in total. The van der Waals surface area contributed by atoms with Crippen molar-refractivity contribution < 1.29 is 14.3 Å². The molecule has 0 spiro atoms. The van der Waals surface area contributed by atoms with E-state index in [2.05, 4.69) is 20.4 Å². The highest BCUT2D eigenvalue weighted by atomic mass is 16.5. The minimum absolute atomic E-state index is 0.205. The zero-order chi connectivity index (χ0) is 19.0. The Kier molecular flexibility index (Phi) is 4.08. The van der Waals surface area contributed by atoms with E-state index in [0.29, 0.717) is 28.5 Å². The van der Waals surface area contributed by atoms with Crippen molar-refractivity contribution in [3.05, 3.63) is 53.9 Å². The van der Waals surface area contributed by atoms with Gasteiger partial charge in [-0.2, -0.15) is 9.50 Å². The van der Waals surface area contributed by atoms with Gasteiger partial charge in [0.15, 0.2) is 17.1 Å². The number of carbonyl (C=O) groups excluding carboxylic acids is 1. The SMILES string of the molecule is COc1ccc(C(=O)Nc2nc3c4ccccc4nc(C)n3n2)cc1OC. The van der Waals surface area contributed by atoms with Crippen LogP contribution in [0.25, 0.3) is 16.6 Å². The van der Waals surface area contributed by atoms with Gasteiger partial charge in [-0.25, -0.2) is 4.98 Å². The number of amides is 1. The number of nitrogens with one attached hydrogen (secondary N) is 1. The molecule has 0 bridgehead atoms. The Morgan fingerprint density at radius 3 is 2.59 bits per heavy atom. The van der Waals surface area contributed by atoms with Gasteiger partial charge in [0.05, 0.1) is 19.7 Å². The Bertz CT molecular complexity index is 1170. The zero-order valence-electron chi connectivity index (χ0n) is 15.1. The number of rotatable bonds is 4. The van der Waals surface area contributed by atoms with Crippen LogP contribution in [0.2, 0.25) is 0 Å². The molecule has 0 fully saturated rings. The van der Waals surface area contributed by atoms with Crippen molar-refractivity contribution in [1.29, 1.82) is 0 Å². The quantitative estimate of drug-likeness (QED) is 0.600. The third-order valence-corrected chi connectivity index (χ3v) is 4.21. The first kappa shape index (κ1) is 16.8. The average Bonchev–Trinajstić information content (AvgIpc) is 3.12. The number of anilines is 1. The highest BCUT2D eigenvalue weighted by molar-refractivity contribution is 6.04. The summed E-state index contributed by atoms with van der Waals surface area (Å²) in [6, 6.07) is 12.6. The molecule has 0 unspecified atom stereocenters. The first-order valence-corrected chi connectivity index (χ1v) is 8.26. The monoisotopic (exact) mass is 363 g/mol. The summed E-state index contributed by atoms with van der Waals surface area (Å²) in [5, 5.41) is 7.94. The molecule has 136 valence electrons. The molecule has 0 saturated carbocycles. The molecule has 0 saturated heterocycles. The molecule has 4 aromatic rings. The van der Waals surface area contributed by atoms with Crippen LogP contribution in [0.1, 0.15) is 16.2 Å². The van der Waals surface area contributed by atoms with E-state index in [1.807, 2.05) is 31.2 Å². The van der Waals surface area contributed by atoms with Crippen molar-refractivity contribution in [2.24, 2.45) is 0 Å². The Morgan fingerprint density at radius 1 is 1.04 bits per heavy atom. The summed E-state index contributed by atoms with van der Waals surface area (Å²) in [6.45, 7) is 1.84. The lowest BCUT2D eigenvalue weighted by molar-refractivity contribution is 0.102. The van der Waals surface area contributed by atoms with Crippen LogP contribution >= 0.6 is 0 Å². The topological polar surface area (TPSA) is 90.6 Å². The molecule has 0 aliphatic carbocycles. The molecule has 2 aromatic heterocycles. The number of aryl methyl sites for hydroxylation is 1. The van der Waals surface area contributed by atoms with E-state index in [1.165, 1.54) is 7.11 Å². The summed E-state index contributed by atoms with van der Waals surface area (Å²) < 4.78 is 12.0. The number of carbonyl (C=O) groups is 1. The minimum Gasteiger partial charge on any atom is -0.493 e. The van der Waals surface area contributed by atoms with E-state index < -0.39 is 0 Å². The van der Waals surface area contributed by atoms with Crippen LogP contribution in [-0.4, -0.2) is 39.7 Å². The molecule has 2 heterocycles. The molecule has 4 rings (SSSR count). The third-order valence-electron chi connectivity index (χ3n) is 4.21. The summed E-state index contributed by atoms with van der Waals surface area (Å²) in [5.41, 5.74) is 1.87. The van der Waals surface area contributed by atoms with Crippen molar-refractivity contribution in [3.63, 3.8) is 0 Å². The van der Waals surface area contributed by atoms with Crippen molar-refractivity contribution in [1.82, 2.24) is 19.6 Å². The van der Waals surface area contributed by atoms with Crippen molar-refractivity contribution in [3.8, 4) is 11.5 Å².